The van der Waals surface area contributed by atoms with E-state index in [0.29, 0.717) is 6.04 Å². The number of rotatable bonds is 6. The van der Waals surface area contributed by atoms with Gasteiger partial charge in [0.05, 0.1) is 30.6 Å². The predicted octanol–water partition coefficient (Wildman–Crippen LogP) is 5.27. The fourth-order valence-electron chi connectivity index (χ4n) is 5.79. The number of ether oxygens (including phenoxy) is 1. The van der Waals surface area contributed by atoms with Crippen molar-refractivity contribution in [2.75, 3.05) is 57.4 Å². The monoisotopic (exact) mass is 509 g/mol. The SMILES string of the molecule is CC(C)N1CCN(c2ccc(-c3cc(-c4ccc(CN5CCOCC5)cc4)c4ncn(C)c4c3)cc2)CC1. The lowest BCUT2D eigenvalue weighted by molar-refractivity contribution is 0.0342. The lowest BCUT2D eigenvalue weighted by Gasteiger charge is -2.38. The highest BCUT2D eigenvalue weighted by molar-refractivity contribution is 5.96. The van der Waals surface area contributed by atoms with Crippen LogP contribution in [0.25, 0.3) is 33.3 Å². The molecule has 38 heavy (non-hydrogen) atoms. The molecule has 6 rings (SSSR count). The van der Waals surface area contributed by atoms with Gasteiger partial charge >= 0.3 is 0 Å². The minimum Gasteiger partial charge on any atom is -0.379 e. The Kier molecular flexibility index (Phi) is 7.20. The van der Waals surface area contributed by atoms with Crippen molar-refractivity contribution in [2.45, 2.75) is 26.4 Å². The molecule has 0 spiro atoms. The number of morpholine rings is 1. The molecule has 0 radical (unpaired) electrons. The summed E-state index contributed by atoms with van der Waals surface area (Å²) in [7, 11) is 2.08. The van der Waals surface area contributed by atoms with E-state index in [-0.39, 0.29) is 0 Å². The first-order valence-electron chi connectivity index (χ1n) is 14.0. The Labute approximate surface area is 226 Å². The van der Waals surface area contributed by atoms with Crippen molar-refractivity contribution in [3.8, 4) is 22.3 Å². The zero-order valence-corrected chi connectivity index (χ0v) is 22.9. The average Bonchev–Trinajstić information content (AvgIpc) is 3.34. The summed E-state index contributed by atoms with van der Waals surface area (Å²) in [6.45, 7) is 13.7. The van der Waals surface area contributed by atoms with E-state index in [1.54, 1.807) is 0 Å². The highest BCUT2D eigenvalue weighted by atomic mass is 16.5. The van der Waals surface area contributed by atoms with Gasteiger partial charge in [-0.2, -0.15) is 0 Å². The highest BCUT2D eigenvalue weighted by Crippen LogP contribution is 2.34. The molecule has 0 aliphatic carbocycles. The molecule has 0 amide bonds. The van der Waals surface area contributed by atoms with Crippen molar-refractivity contribution >= 4 is 16.7 Å². The first-order chi connectivity index (χ1) is 18.5. The standard InChI is InChI=1S/C32H39N5O/c1-24(2)36-12-14-37(15-13-36)29-10-8-26(9-11-29)28-20-30(32-31(21-28)34(3)23-33-32)27-6-4-25(5-7-27)22-35-16-18-38-19-17-35/h4-11,20-21,23-24H,12-19,22H2,1-3H3. The van der Waals surface area contributed by atoms with Crippen molar-refractivity contribution < 1.29 is 4.74 Å². The molecular formula is C32H39N5O. The third-order valence-electron chi connectivity index (χ3n) is 8.21. The molecule has 0 saturated carbocycles. The second kappa shape index (κ2) is 10.9. The first kappa shape index (κ1) is 25.1. The molecule has 3 heterocycles. The Hall–Kier alpha value is -3.19. The fraction of sp³-hybridized carbons (Fsp3) is 0.406. The van der Waals surface area contributed by atoms with Gasteiger partial charge in [-0.1, -0.05) is 36.4 Å². The molecule has 198 valence electrons. The van der Waals surface area contributed by atoms with E-state index < -0.39 is 0 Å². The Morgan fingerprint density at radius 2 is 1.47 bits per heavy atom. The maximum absolute atomic E-state index is 5.50. The third kappa shape index (κ3) is 5.21. The van der Waals surface area contributed by atoms with Crippen LogP contribution in [0.15, 0.2) is 67.0 Å². The number of hydrogen-bond acceptors (Lipinski definition) is 5. The summed E-state index contributed by atoms with van der Waals surface area (Å²) in [4.78, 5) is 12.3. The van der Waals surface area contributed by atoms with Gasteiger partial charge in [-0.15, -0.1) is 0 Å². The van der Waals surface area contributed by atoms with Crippen molar-refractivity contribution in [1.82, 2.24) is 19.4 Å². The quantitative estimate of drug-likeness (QED) is 0.354. The van der Waals surface area contributed by atoms with Crippen LogP contribution < -0.4 is 4.90 Å². The second-order valence-corrected chi connectivity index (χ2v) is 11.0. The molecule has 0 unspecified atom stereocenters. The van der Waals surface area contributed by atoms with Gasteiger partial charge in [-0.3, -0.25) is 9.80 Å². The fourth-order valence-corrected chi connectivity index (χ4v) is 5.79. The van der Waals surface area contributed by atoms with Gasteiger partial charge in [-0.25, -0.2) is 4.98 Å². The van der Waals surface area contributed by atoms with Crippen molar-refractivity contribution in [3.05, 3.63) is 72.6 Å². The van der Waals surface area contributed by atoms with Crippen LogP contribution in [0, 0.1) is 0 Å². The van der Waals surface area contributed by atoms with Crippen molar-refractivity contribution in [2.24, 2.45) is 7.05 Å². The minimum absolute atomic E-state index is 0.622. The molecule has 0 N–H and O–H groups in total. The van der Waals surface area contributed by atoms with E-state index in [0.717, 1.165) is 70.1 Å². The second-order valence-electron chi connectivity index (χ2n) is 11.0. The summed E-state index contributed by atoms with van der Waals surface area (Å²) in [6.07, 6.45) is 1.92. The molecule has 6 nitrogen and oxygen atoms in total. The molecule has 2 fully saturated rings. The summed E-state index contributed by atoms with van der Waals surface area (Å²) >= 11 is 0. The van der Waals surface area contributed by atoms with Crippen molar-refractivity contribution in [3.63, 3.8) is 0 Å². The van der Waals surface area contributed by atoms with Gasteiger partial charge in [0, 0.05) is 70.2 Å². The zero-order chi connectivity index (χ0) is 26.1. The van der Waals surface area contributed by atoms with Gasteiger partial charge in [0.25, 0.3) is 0 Å². The van der Waals surface area contributed by atoms with Gasteiger partial charge in [0.15, 0.2) is 0 Å². The maximum Gasteiger partial charge on any atom is 0.0963 e. The van der Waals surface area contributed by atoms with Crippen molar-refractivity contribution in [1.29, 1.82) is 0 Å². The van der Waals surface area contributed by atoms with E-state index >= 15 is 0 Å². The van der Waals surface area contributed by atoms with E-state index in [2.05, 4.69) is 101 Å². The summed E-state index contributed by atoms with van der Waals surface area (Å²) in [5.74, 6) is 0. The van der Waals surface area contributed by atoms with Gasteiger partial charge in [0.2, 0.25) is 0 Å². The van der Waals surface area contributed by atoms with Crippen LogP contribution in [0.4, 0.5) is 5.69 Å². The number of hydrogen-bond donors (Lipinski definition) is 0. The van der Waals surface area contributed by atoms with E-state index in [1.165, 1.54) is 33.5 Å². The third-order valence-corrected chi connectivity index (χ3v) is 8.21. The van der Waals surface area contributed by atoms with Crippen LogP contribution in [0.3, 0.4) is 0 Å². The Bertz CT molecular complexity index is 1360. The van der Waals surface area contributed by atoms with Gasteiger partial charge < -0.3 is 14.2 Å². The highest BCUT2D eigenvalue weighted by Gasteiger charge is 2.19. The Morgan fingerprint density at radius 1 is 0.789 bits per heavy atom. The number of nitrogens with zero attached hydrogens (tertiary/aromatic N) is 5. The lowest BCUT2D eigenvalue weighted by atomic mass is 9.96. The molecule has 6 heteroatoms. The molecule has 3 aromatic carbocycles. The van der Waals surface area contributed by atoms with Crippen LogP contribution in [-0.4, -0.2) is 77.9 Å². The number of anilines is 1. The number of aryl methyl sites for hydroxylation is 1. The van der Waals surface area contributed by atoms with Crippen LogP contribution in [0.5, 0.6) is 0 Å². The van der Waals surface area contributed by atoms with Crippen LogP contribution in [0.1, 0.15) is 19.4 Å². The normalized spacial score (nSPS) is 17.5. The summed E-state index contributed by atoms with van der Waals surface area (Å²) < 4.78 is 7.62. The first-order valence-corrected chi connectivity index (χ1v) is 14.0. The van der Waals surface area contributed by atoms with Gasteiger partial charge in [-0.05, 0) is 60.4 Å². The zero-order valence-electron chi connectivity index (χ0n) is 22.9. The van der Waals surface area contributed by atoms with E-state index in [1.807, 2.05) is 6.33 Å². The summed E-state index contributed by atoms with van der Waals surface area (Å²) in [5, 5.41) is 0. The average molecular weight is 510 g/mol. The molecule has 0 bridgehead atoms. The number of benzene rings is 3. The Balaban J connectivity index is 1.25. The molecule has 2 aliphatic rings. The van der Waals surface area contributed by atoms with Crippen LogP contribution >= 0.6 is 0 Å². The van der Waals surface area contributed by atoms with E-state index in [9.17, 15) is 0 Å². The summed E-state index contributed by atoms with van der Waals surface area (Å²) in [5.41, 5.74) is 9.72. The number of aromatic nitrogens is 2. The lowest BCUT2D eigenvalue weighted by Crippen LogP contribution is -2.48. The maximum atomic E-state index is 5.50. The summed E-state index contributed by atoms with van der Waals surface area (Å²) in [6, 6.07) is 23.4. The Morgan fingerprint density at radius 3 is 2.16 bits per heavy atom. The molecule has 2 saturated heterocycles. The smallest absolute Gasteiger partial charge is 0.0963 e. The molecule has 0 atom stereocenters. The van der Waals surface area contributed by atoms with Crippen LogP contribution in [0.2, 0.25) is 0 Å². The molecule has 4 aromatic rings. The topological polar surface area (TPSA) is 36.8 Å². The van der Waals surface area contributed by atoms with Crippen LogP contribution in [-0.2, 0) is 18.3 Å². The largest absolute Gasteiger partial charge is 0.379 e. The number of fused-ring (bicyclic) bond motifs is 1. The number of imidazole rings is 1. The molecular weight excluding hydrogens is 470 g/mol. The predicted molar refractivity (Wildman–Crippen MR) is 157 cm³/mol. The van der Waals surface area contributed by atoms with E-state index in [4.69, 9.17) is 9.72 Å². The molecule has 2 aliphatic heterocycles. The van der Waals surface area contributed by atoms with Gasteiger partial charge in [0.1, 0.15) is 0 Å². The molecule has 1 aromatic heterocycles. The number of piperazine rings is 1. The minimum atomic E-state index is 0.622.